The molecule has 0 bridgehead atoms. The Balaban J connectivity index is 2.52. The number of anilines is 1. The van der Waals surface area contributed by atoms with Gasteiger partial charge in [0.1, 0.15) is 0 Å². The molecule has 3 heteroatoms. The molecule has 0 saturated heterocycles. The predicted octanol–water partition coefficient (Wildman–Crippen LogP) is 1.71. The van der Waals surface area contributed by atoms with E-state index in [1.807, 2.05) is 31.2 Å². The number of aliphatic hydroxyl groups is 1. The van der Waals surface area contributed by atoms with Crippen LogP contribution in [0.4, 0.5) is 5.69 Å². The minimum Gasteiger partial charge on any atom is -0.396 e. The van der Waals surface area contributed by atoms with Crippen molar-refractivity contribution in [1.82, 2.24) is 0 Å². The summed E-state index contributed by atoms with van der Waals surface area (Å²) in [6.45, 7) is 2.00. The molecule has 0 spiro atoms. The van der Waals surface area contributed by atoms with Crippen molar-refractivity contribution in [3.8, 4) is 0 Å². The Kier molecular flexibility index (Phi) is 4.13. The molecule has 0 aliphatic heterocycles. The summed E-state index contributed by atoms with van der Waals surface area (Å²) in [5.41, 5.74) is 1.89. The van der Waals surface area contributed by atoms with E-state index in [9.17, 15) is 4.79 Å². The van der Waals surface area contributed by atoms with E-state index >= 15 is 0 Å². The van der Waals surface area contributed by atoms with Gasteiger partial charge in [-0.15, -0.1) is 0 Å². The third-order valence-electron chi connectivity index (χ3n) is 1.98. The number of hydrogen-bond donors (Lipinski definition) is 2. The van der Waals surface area contributed by atoms with Gasteiger partial charge >= 0.3 is 0 Å². The number of benzene rings is 1. The van der Waals surface area contributed by atoms with Crippen molar-refractivity contribution >= 4 is 11.6 Å². The summed E-state index contributed by atoms with van der Waals surface area (Å²) in [7, 11) is 0. The van der Waals surface area contributed by atoms with Crippen LogP contribution in [0.15, 0.2) is 24.3 Å². The van der Waals surface area contributed by atoms with E-state index in [4.69, 9.17) is 5.11 Å². The van der Waals surface area contributed by atoms with Crippen molar-refractivity contribution in [1.29, 1.82) is 0 Å². The lowest BCUT2D eigenvalue weighted by Crippen LogP contribution is -2.12. The number of amides is 1. The first-order valence-electron chi connectivity index (χ1n) is 4.70. The Hall–Kier alpha value is -1.35. The molecule has 0 aliphatic rings. The maximum absolute atomic E-state index is 11.3. The molecule has 0 aromatic heterocycles. The fourth-order valence-electron chi connectivity index (χ4n) is 1.17. The average Bonchev–Trinajstić information content (AvgIpc) is 2.18. The fraction of sp³-hybridized carbons (Fsp3) is 0.364. The molecule has 1 amide bonds. The number of nitrogens with one attached hydrogen (secondary N) is 1. The highest BCUT2D eigenvalue weighted by Crippen LogP contribution is 2.13. The molecule has 2 N–H and O–H groups in total. The van der Waals surface area contributed by atoms with Crippen molar-refractivity contribution < 1.29 is 9.90 Å². The summed E-state index contributed by atoms with van der Waals surface area (Å²) in [6, 6.07) is 7.63. The van der Waals surface area contributed by atoms with Gasteiger partial charge in [-0.1, -0.05) is 18.2 Å². The van der Waals surface area contributed by atoms with Crippen molar-refractivity contribution in [2.75, 3.05) is 11.9 Å². The third-order valence-corrected chi connectivity index (χ3v) is 1.98. The molecule has 0 heterocycles. The Morgan fingerprint density at radius 1 is 1.43 bits per heavy atom. The van der Waals surface area contributed by atoms with Crippen molar-refractivity contribution in [2.24, 2.45) is 0 Å². The maximum atomic E-state index is 11.3. The van der Waals surface area contributed by atoms with Crippen LogP contribution in [-0.4, -0.2) is 17.6 Å². The molecule has 1 aromatic rings. The van der Waals surface area contributed by atoms with Crippen molar-refractivity contribution in [3.63, 3.8) is 0 Å². The standard InChI is InChI=1S/C11H15NO2/c1-9-5-2-3-6-10(9)12-11(14)7-4-8-13/h2-3,5-6,13H,4,7-8H2,1H3,(H,12,14). The molecule has 0 fully saturated rings. The molecule has 0 radical (unpaired) electrons. The number of aryl methyl sites for hydroxylation is 1. The summed E-state index contributed by atoms with van der Waals surface area (Å²) >= 11 is 0. The molecule has 14 heavy (non-hydrogen) atoms. The molecule has 1 rings (SSSR count). The summed E-state index contributed by atoms with van der Waals surface area (Å²) in [6.07, 6.45) is 0.878. The van der Waals surface area contributed by atoms with Crippen LogP contribution in [0.1, 0.15) is 18.4 Å². The van der Waals surface area contributed by atoms with Gasteiger partial charge in [-0.2, -0.15) is 0 Å². The van der Waals surface area contributed by atoms with Gasteiger partial charge in [0.25, 0.3) is 0 Å². The second kappa shape index (κ2) is 5.40. The van der Waals surface area contributed by atoms with Crippen LogP contribution in [-0.2, 0) is 4.79 Å². The Bertz CT molecular complexity index is 310. The lowest BCUT2D eigenvalue weighted by Gasteiger charge is -2.06. The second-order valence-corrected chi connectivity index (χ2v) is 3.19. The van der Waals surface area contributed by atoms with E-state index in [1.165, 1.54) is 0 Å². The molecular weight excluding hydrogens is 178 g/mol. The molecule has 0 unspecified atom stereocenters. The van der Waals surface area contributed by atoms with E-state index in [-0.39, 0.29) is 12.5 Å². The Morgan fingerprint density at radius 3 is 2.79 bits per heavy atom. The average molecular weight is 193 g/mol. The van der Waals surface area contributed by atoms with Gasteiger partial charge in [-0.3, -0.25) is 4.79 Å². The molecule has 0 atom stereocenters. The Labute approximate surface area is 83.8 Å². The van der Waals surface area contributed by atoms with E-state index in [2.05, 4.69) is 5.32 Å². The number of rotatable bonds is 4. The molecule has 0 saturated carbocycles. The fourth-order valence-corrected chi connectivity index (χ4v) is 1.17. The van der Waals surface area contributed by atoms with Gasteiger partial charge in [0, 0.05) is 18.7 Å². The smallest absolute Gasteiger partial charge is 0.224 e. The van der Waals surface area contributed by atoms with Crippen LogP contribution in [0.25, 0.3) is 0 Å². The first-order chi connectivity index (χ1) is 6.74. The Morgan fingerprint density at radius 2 is 2.14 bits per heavy atom. The maximum Gasteiger partial charge on any atom is 0.224 e. The van der Waals surface area contributed by atoms with Crippen molar-refractivity contribution in [2.45, 2.75) is 19.8 Å². The number of para-hydroxylation sites is 1. The lowest BCUT2D eigenvalue weighted by atomic mass is 10.2. The van der Waals surface area contributed by atoms with Crippen molar-refractivity contribution in [3.05, 3.63) is 29.8 Å². The van der Waals surface area contributed by atoms with E-state index in [1.54, 1.807) is 0 Å². The topological polar surface area (TPSA) is 49.3 Å². The summed E-state index contributed by atoms with van der Waals surface area (Å²) in [5.74, 6) is -0.0478. The first kappa shape index (κ1) is 10.7. The van der Waals surface area contributed by atoms with Gasteiger partial charge in [0.15, 0.2) is 0 Å². The van der Waals surface area contributed by atoms with E-state index < -0.39 is 0 Å². The number of carbonyl (C=O) groups excluding carboxylic acids is 1. The van der Waals surface area contributed by atoms with E-state index in [0.717, 1.165) is 11.3 Å². The molecule has 76 valence electrons. The zero-order valence-corrected chi connectivity index (χ0v) is 8.29. The lowest BCUT2D eigenvalue weighted by molar-refractivity contribution is -0.116. The normalized spacial score (nSPS) is 9.86. The molecule has 1 aromatic carbocycles. The van der Waals surface area contributed by atoms with E-state index in [0.29, 0.717) is 12.8 Å². The molecule has 0 aliphatic carbocycles. The third kappa shape index (κ3) is 3.18. The second-order valence-electron chi connectivity index (χ2n) is 3.19. The van der Waals surface area contributed by atoms with Crippen LogP contribution >= 0.6 is 0 Å². The molecule has 3 nitrogen and oxygen atoms in total. The number of carbonyl (C=O) groups is 1. The van der Waals surface area contributed by atoms with Crippen LogP contribution < -0.4 is 5.32 Å². The highest BCUT2D eigenvalue weighted by molar-refractivity contribution is 5.91. The van der Waals surface area contributed by atoms with Crippen LogP contribution in [0, 0.1) is 6.92 Å². The van der Waals surface area contributed by atoms with Gasteiger partial charge in [0.05, 0.1) is 0 Å². The predicted molar refractivity (Wildman–Crippen MR) is 56.1 cm³/mol. The van der Waals surface area contributed by atoms with Crippen LogP contribution in [0.5, 0.6) is 0 Å². The highest BCUT2D eigenvalue weighted by atomic mass is 16.3. The summed E-state index contributed by atoms with van der Waals surface area (Å²) in [4.78, 5) is 11.3. The van der Waals surface area contributed by atoms with Gasteiger partial charge in [-0.25, -0.2) is 0 Å². The minimum atomic E-state index is -0.0478. The van der Waals surface area contributed by atoms with Crippen LogP contribution in [0.2, 0.25) is 0 Å². The zero-order valence-electron chi connectivity index (χ0n) is 8.29. The van der Waals surface area contributed by atoms with Crippen LogP contribution in [0.3, 0.4) is 0 Å². The quantitative estimate of drug-likeness (QED) is 0.764. The molecular formula is C11H15NO2. The number of aliphatic hydroxyl groups excluding tert-OH is 1. The SMILES string of the molecule is Cc1ccccc1NC(=O)CCCO. The highest BCUT2D eigenvalue weighted by Gasteiger charge is 2.02. The first-order valence-corrected chi connectivity index (χ1v) is 4.70. The van der Waals surface area contributed by atoms with Gasteiger partial charge in [-0.05, 0) is 25.0 Å². The van der Waals surface area contributed by atoms with Gasteiger partial charge in [0.2, 0.25) is 5.91 Å². The van der Waals surface area contributed by atoms with Gasteiger partial charge < -0.3 is 10.4 Å². The summed E-state index contributed by atoms with van der Waals surface area (Å²) in [5, 5.41) is 11.4. The number of hydrogen-bond acceptors (Lipinski definition) is 2. The minimum absolute atomic E-state index is 0.0478. The summed E-state index contributed by atoms with van der Waals surface area (Å²) < 4.78 is 0. The monoisotopic (exact) mass is 193 g/mol. The zero-order chi connectivity index (χ0) is 10.4. The largest absolute Gasteiger partial charge is 0.396 e.